The summed E-state index contributed by atoms with van der Waals surface area (Å²) < 4.78 is 18.8. The molecule has 1 aromatic heterocycles. The summed E-state index contributed by atoms with van der Waals surface area (Å²) >= 11 is 0. The van der Waals surface area contributed by atoms with Crippen LogP contribution in [0.25, 0.3) is 0 Å². The molecule has 1 unspecified atom stereocenters. The predicted molar refractivity (Wildman–Crippen MR) is 104 cm³/mol. The third-order valence-electron chi connectivity index (χ3n) is 6.48. The predicted octanol–water partition coefficient (Wildman–Crippen LogP) is 3.98. The van der Waals surface area contributed by atoms with Crippen molar-refractivity contribution < 1.29 is 13.7 Å². The van der Waals surface area contributed by atoms with Crippen LogP contribution in [-0.2, 0) is 17.9 Å². The molecule has 28 heavy (non-hydrogen) atoms. The molecule has 0 N–H and O–H groups in total. The van der Waals surface area contributed by atoms with Gasteiger partial charge in [-0.05, 0) is 63.8 Å². The Hall–Kier alpha value is -2.21. The van der Waals surface area contributed by atoms with E-state index in [-0.39, 0.29) is 17.3 Å². The van der Waals surface area contributed by atoms with Gasteiger partial charge in [-0.25, -0.2) is 4.39 Å². The van der Waals surface area contributed by atoms with E-state index in [0.717, 1.165) is 67.9 Å². The quantitative estimate of drug-likeness (QED) is 0.799. The lowest BCUT2D eigenvalue weighted by atomic mass is 9.87. The van der Waals surface area contributed by atoms with Crippen molar-refractivity contribution in [3.8, 4) is 0 Å². The summed E-state index contributed by atoms with van der Waals surface area (Å²) in [6, 6.07) is 6.85. The molecule has 2 saturated heterocycles. The van der Waals surface area contributed by atoms with Crippen LogP contribution in [-0.4, -0.2) is 39.5 Å². The van der Waals surface area contributed by atoms with Crippen LogP contribution in [0.4, 0.5) is 4.39 Å². The Bertz CT molecular complexity index is 846. The molecule has 2 fully saturated rings. The zero-order valence-corrected chi connectivity index (χ0v) is 16.7. The number of hydrogen-bond acceptors (Lipinski definition) is 4. The minimum Gasteiger partial charge on any atom is -0.361 e. The Kier molecular flexibility index (Phi) is 5.23. The first-order chi connectivity index (χ1) is 13.5. The number of aryl methyl sites for hydroxylation is 2. The normalized spacial score (nSPS) is 23.5. The molecule has 1 atom stereocenters. The first kappa shape index (κ1) is 19.1. The number of hydrogen-bond donors (Lipinski definition) is 0. The smallest absolute Gasteiger partial charge is 0.223 e. The maximum Gasteiger partial charge on any atom is 0.223 e. The summed E-state index contributed by atoms with van der Waals surface area (Å²) in [7, 11) is 0. The van der Waals surface area contributed by atoms with Crippen LogP contribution in [0.15, 0.2) is 28.8 Å². The number of likely N-dealkylation sites (tertiary alicyclic amines) is 2. The second kappa shape index (κ2) is 7.66. The topological polar surface area (TPSA) is 49.6 Å². The van der Waals surface area contributed by atoms with Crippen LogP contribution in [0.2, 0.25) is 0 Å². The molecule has 0 aliphatic carbocycles. The SMILES string of the molecule is Cc1noc(C)c1CN1C(=O)CCC12CCCN(Cc1cccc(F)c1)CC2. The van der Waals surface area contributed by atoms with Crippen molar-refractivity contribution >= 4 is 5.91 Å². The van der Waals surface area contributed by atoms with E-state index >= 15 is 0 Å². The Morgan fingerprint density at radius 1 is 1.18 bits per heavy atom. The number of aromatic nitrogens is 1. The standard InChI is InChI=1S/C22H28FN3O2/c1-16-20(17(2)28-24-16)15-26-21(27)7-9-22(26)8-4-11-25(12-10-22)14-18-5-3-6-19(23)13-18/h3,5-6,13H,4,7-12,14-15H2,1-2H3. The summed E-state index contributed by atoms with van der Waals surface area (Å²) in [6.45, 7) is 7.09. The number of halogens is 1. The molecule has 2 aliphatic rings. The van der Waals surface area contributed by atoms with E-state index in [1.165, 1.54) is 6.07 Å². The molecule has 6 heteroatoms. The van der Waals surface area contributed by atoms with Crippen molar-refractivity contribution in [2.45, 2.75) is 64.6 Å². The largest absolute Gasteiger partial charge is 0.361 e. The number of benzene rings is 1. The van der Waals surface area contributed by atoms with Gasteiger partial charge in [0.25, 0.3) is 0 Å². The fourth-order valence-corrected chi connectivity index (χ4v) is 4.82. The van der Waals surface area contributed by atoms with Gasteiger partial charge in [-0.3, -0.25) is 9.69 Å². The third-order valence-corrected chi connectivity index (χ3v) is 6.48. The molecular weight excluding hydrogens is 357 g/mol. The second-order valence-electron chi connectivity index (χ2n) is 8.27. The van der Waals surface area contributed by atoms with Crippen molar-refractivity contribution in [1.82, 2.24) is 15.0 Å². The van der Waals surface area contributed by atoms with E-state index in [4.69, 9.17) is 4.52 Å². The van der Waals surface area contributed by atoms with Gasteiger partial charge in [0.05, 0.1) is 12.2 Å². The van der Waals surface area contributed by atoms with Crippen molar-refractivity contribution in [3.05, 3.63) is 52.7 Å². The van der Waals surface area contributed by atoms with Gasteiger partial charge >= 0.3 is 0 Å². The Morgan fingerprint density at radius 2 is 2.04 bits per heavy atom. The van der Waals surface area contributed by atoms with Crippen LogP contribution in [0.5, 0.6) is 0 Å². The van der Waals surface area contributed by atoms with E-state index < -0.39 is 0 Å². The molecule has 150 valence electrons. The third kappa shape index (κ3) is 3.70. The highest BCUT2D eigenvalue weighted by Gasteiger charge is 2.46. The summed E-state index contributed by atoms with van der Waals surface area (Å²) in [5, 5.41) is 4.05. The van der Waals surface area contributed by atoms with Gasteiger partial charge in [-0.15, -0.1) is 0 Å². The van der Waals surface area contributed by atoms with Gasteiger partial charge in [0, 0.05) is 30.6 Å². The Labute approximate surface area is 165 Å². The fourth-order valence-electron chi connectivity index (χ4n) is 4.82. The monoisotopic (exact) mass is 385 g/mol. The van der Waals surface area contributed by atoms with E-state index in [9.17, 15) is 9.18 Å². The summed E-state index contributed by atoms with van der Waals surface area (Å²) in [6.07, 6.45) is 4.55. The second-order valence-corrected chi connectivity index (χ2v) is 8.27. The average Bonchev–Trinajstić information content (AvgIpc) is 3.05. The fraction of sp³-hybridized carbons (Fsp3) is 0.545. The van der Waals surface area contributed by atoms with E-state index in [0.29, 0.717) is 13.0 Å². The van der Waals surface area contributed by atoms with Gasteiger partial charge in [0.1, 0.15) is 11.6 Å². The number of amides is 1. The number of rotatable bonds is 4. The van der Waals surface area contributed by atoms with Gasteiger partial charge in [0.2, 0.25) is 5.91 Å². The minimum absolute atomic E-state index is 0.0794. The zero-order chi connectivity index (χ0) is 19.7. The molecule has 3 heterocycles. The van der Waals surface area contributed by atoms with E-state index in [2.05, 4.69) is 15.0 Å². The first-order valence-electron chi connectivity index (χ1n) is 10.2. The highest BCUT2D eigenvalue weighted by Crippen LogP contribution is 2.40. The Balaban J connectivity index is 1.48. The molecule has 2 aromatic rings. The van der Waals surface area contributed by atoms with E-state index in [1.54, 1.807) is 12.1 Å². The van der Waals surface area contributed by atoms with Crippen molar-refractivity contribution in [1.29, 1.82) is 0 Å². The molecule has 0 radical (unpaired) electrons. The van der Waals surface area contributed by atoms with E-state index in [1.807, 2.05) is 19.9 Å². The number of nitrogens with zero attached hydrogens (tertiary/aromatic N) is 3. The van der Waals surface area contributed by atoms with Crippen LogP contribution in [0.1, 0.15) is 54.7 Å². The highest BCUT2D eigenvalue weighted by molar-refractivity contribution is 5.79. The Morgan fingerprint density at radius 3 is 2.79 bits per heavy atom. The van der Waals surface area contributed by atoms with Gasteiger partial charge in [-0.2, -0.15) is 0 Å². The summed E-state index contributed by atoms with van der Waals surface area (Å²) in [5.74, 6) is 0.850. The molecule has 5 nitrogen and oxygen atoms in total. The average molecular weight is 385 g/mol. The van der Waals surface area contributed by atoms with Gasteiger partial charge < -0.3 is 9.42 Å². The van der Waals surface area contributed by atoms with Gasteiger partial charge in [0.15, 0.2) is 0 Å². The number of carbonyl (C=O) groups is 1. The lowest BCUT2D eigenvalue weighted by Gasteiger charge is -2.38. The molecule has 2 aliphatic heterocycles. The summed E-state index contributed by atoms with van der Waals surface area (Å²) in [5.41, 5.74) is 2.83. The van der Waals surface area contributed by atoms with Crippen LogP contribution in [0, 0.1) is 19.7 Å². The maximum atomic E-state index is 13.5. The minimum atomic E-state index is -0.184. The van der Waals surface area contributed by atoms with Crippen LogP contribution < -0.4 is 0 Å². The molecule has 0 bridgehead atoms. The highest BCUT2D eigenvalue weighted by atomic mass is 19.1. The molecular formula is C22H28FN3O2. The molecule has 4 rings (SSSR count). The maximum absolute atomic E-state index is 13.5. The van der Waals surface area contributed by atoms with Crippen LogP contribution >= 0.6 is 0 Å². The molecule has 0 saturated carbocycles. The summed E-state index contributed by atoms with van der Waals surface area (Å²) in [4.78, 5) is 17.2. The lowest BCUT2D eigenvalue weighted by molar-refractivity contribution is -0.132. The van der Waals surface area contributed by atoms with Crippen LogP contribution in [0.3, 0.4) is 0 Å². The van der Waals surface area contributed by atoms with Crippen molar-refractivity contribution in [2.24, 2.45) is 0 Å². The van der Waals surface area contributed by atoms with Crippen molar-refractivity contribution in [2.75, 3.05) is 13.1 Å². The molecule has 1 spiro atoms. The van der Waals surface area contributed by atoms with Gasteiger partial charge in [-0.1, -0.05) is 17.3 Å². The lowest BCUT2D eigenvalue weighted by Crippen LogP contribution is -2.46. The van der Waals surface area contributed by atoms with Crippen molar-refractivity contribution in [3.63, 3.8) is 0 Å². The molecule has 1 amide bonds. The zero-order valence-electron chi connectivity index (χ0n) is 16.7. The first-order valence-corrected chi connectivity index (χ1v) is 10.2. The number of carbonyl (C=O) groups excluding carboxylic acids is 1. The molecule has 1 aromatic carbocycles.